The van der Waals surface area contributed by atoms with Gasteiger partial charge in [0, 0.05) is 11.1 Å². The molecule has 2 heterocycles. The molecule has 0 saturated carbocycles. The minimum atomic E-state index is -0.144. The van der Waals surface area contributed by atoms with Gasteiger partial charge in [0.15, 0.2) is 0 Å². The molecule has 0 saturated heterocycles. The first kappa shape index (κ1) is 13.9. The molecule has 0 fully saturated rings. The number of aromatic nitrogens is 1. The number of fused-ring (bicyclic) bond motifs is 1. The summed E-state index contributed by atoms with van der Waals surface area (Å²) in [7, 11) is 0. The predicted octanol–water partition coefficient (Wildman–Crippen LogP) is 3.03. The van der Waals surface area contributed by atoms with E-state index in [1.165, 1.54) is 16.9 Å². The molecule has 0 bridgehead atoms. The summed E-state index contributed by atoms with van der Waals surface area (Å²) in [5.74, 6) is 0.569. The first-order chi connectivity index (χ1) is 10.2. The predicted molar refractivity (Wildman–Crippen MR) is 84.8 cm³/mol. The van der Waals surface area contributed by atoms with Gasteiger partial charge in [-0.3, -0.25) is 9.78 Å². The van der Waals surface area contributed by atoms with E-state index in [-0.39, 0.29) is 5.91 Å². The molecule has 0 aliphatic heterocycles. The van der Waals surface area contributed by atoms with Crippen molar-refractivity contribution in [1.82, 2.24) is 10.4 Å². The topological polar surface area (TPSA) is 54.4 Å². The maximum Gasteiger partial charge on any atom is 0.281 e. The number of hydrogen-bond donors (Lipinski definition) is 1. The summed E-state index contributed by atoms with van der Waals surface area (Å²) in [5, 5.41) is 3.96. The molecule has 21 heavy (non-hydrogen) atoms. The molecule has 3 rings (SSSR count). The van der Waals surface area contributed by atoms with Crippen LogP contribution in [0.4, 0.5) is 0 Å². The molecule has 0 radical (unpaired) electrons. The number of carbonyl (C=O) groups is 1. The molecule has 0 spiro atoms. The van der Waals surface area contributed by atoms with Gasteiger partial charge in [-0.1, -0.05) is 13.0 Å². The zero-order valence-corrected chi connectivity index (χ0v) is 12.7. The van der Waals surface area contributed by atoms with Crippen molar-refractivity contribution in [2.75, 3.05) is 0 Å². The van der Waals surface area contributed by atoms with Crippen molar-refractivity contribution in [3.8, 4) is 0 Å². The largest absolute Gasteiger partial charge is 0.281 e. The van der Waals surface area contributed by atoms with Crippen LogP contribution in [0.5, 0.6) is 0 Å². The molecule has 2 aromatic rings. The molecule has 4 nitrogen and oxygen atoms in total. The molecule has 0 unspecified atom stereocenters. The number of aryl methyl sites for hydroxylation is 1. The number of rotatable bonds is 3. The Hall–Kier alpha value is -2.01. The minimum Gasteiger partial charge on any atom is -0.266 e. The summed E-state index contributed by atoms with van der Waals surface area (Å²) in [6, 6.07) is 7.57. The SMILES string of the molecule is C[C@H]1CCc2sc(C(=O)N/N=C\c3ccccn3)cc2C1. The van der Waals surface area contributed by atoms with E-state index in [9.17, 15) is 4.79 Å². The fraction of sp³-hybridized carbons (Fsp3) is 0.312. The lowest BCUT2D eigenvalue weighted by Crippen LogP contribution is -2.16. The van der Waals surface area contributed by atoms with Crippen LogP contribution in [0.2, 0.25) is 0 Å². The van der Waals surface area contributed by atoms with Crippen LogP contribution in [0.25, 0.3) is 0 Å². The van der Waals surface area contributed by atoms with E-state index in [1.54, 1.807) is 23.7 Å². The average Bonchev–Trinajstić information content (AvgIpc) is 2.91. The lowest BCUT2D eigenvalue weighted by atomic mass is 9.90. The number of amides is 1. The summed E-state index contributed by atoms with van der Waals surface area (Å²) in [5.41, 5.74) is 4.62. The highest BCUT2D eigenvalue weighted by atomic mass is 32.1. The summed E-state index contributed by atoms with van der Waals surface area (Å²) in [4.78, 5) is 18.3. The van der Waals surface area contributed by atoms with Crippen LogP contribution in [0.15, 0.2) is 35.6 Å². The van der Waals surface area contributed by atoms with Crippen LogP contribution in [0, 0.1) is 5.92 Å². The van der Waals surface area contributed by atoms with E-state index in [4.69, 9.17) is 0 Å². The Labute approximate surface area is 127 Å². The highest BCUT2D eigenvalue weighted by Crippen LogP contribution is 2.32. The van der Waals surface area contributed by atoms with Gasteiger partial charge < -0.3 is 0 Å². The van der Waals surface area contributed by atoms with E-state index in [1.807, 2.05) is 24.3 Å². The Morgan fingerprint density at radius 1 is 1.52 bits per heavy atom. The lowest BCUT2D eigenvalue weighted by molar-refractivity contribution is 0.0959. The van der Waals surface area contributed by atoms with Gasteiger partial charge in [0.1, 0.15) is 0 Å². The molecule has 1 aliphatic carbocycles. The van der Waals surface area contributed by atoms with E-state index < -0.39 is 0 Å². The highest BCUT2D eigenvalue weighted by Gasteiger charge is 2.20. The maximum atomic E-state index is 12.1. The van der Waals surface area contributed by atoms with E-state index in [0.29, 0.717) is 5.92 Å². The molecular formula is C16H17N3OS. The molecule has 1 N–H and O–H groups in total. The number of nitrogens with one attached hydrogen (secondary N) is 1. The lowest BCUT2D eigenvalue weighted by Gasteiger charge is -2.16. The van der Waals surface area contributed by atoms with Crippen molar-refractivity contribution in [1.29, 1.82) is 0 Å². The molecule has 0 aromatic carbocycles. The van der Waals surface area contributed by atoms with Crippen molar-refractivity contribution in [3.05, 3.63) is 51.5 Å². The first-order valence-corrected chi connectivity index (χ1v) is 7.90. The first-order valence-electron chi connectivity index (χ1n) is 7.08. The van der Waals surface area contributed by atoms with Gasteiger partial charge in [0.25, 0.3) is 5.91 Å². The number of thiophene rings is 1. The number of hydrogen-bond acceptors (Lipinski definition) is 4. The van der Waals surface area contributed by atoms with Crippen molar-refractivity contribution >= 4 is 23.5 Å². The zero-order valence-electron chi connectivity index (χ0n) is 11.9. The van der Waals surface area contributed by atoms with Crippen LogP contribution < -0.4 is 5.43 Å². The third-order valence-electron chi connectivity index (χ3n) is 3.60. The normalized spacial score (nSPS) is 17.7. The molecule has 5 heteroatoms. The second-order valence-electron chi connectivity index (χ2n) is 5.36. The standard InChI is InChI=1S/C16H17N3OS/c1-11-5-6-14-12(8-11)9-15(21-14)16(20)19-18-10-13-4-2-3-7-17-13/h2-4,7,9-11H,5-6,8H2,1H3,(H,19,20)/b18-10-/t11-/m0/s1. The fourth-order valence-electron chi connectivity index (χ4n) is 2.48. The van der Waals surface area contributed by atoms with Crippen LogP contribution in [-0.4, -0.2) is 17.1 Å². The Kier molecular flexibility index (Phi) is 4.10. The number of nitrogens with zero attached hydrogens (tertiary/aromatic N) is 2. The van der Waals surface area contributed by atoms with Crippen molar-refractivity contribution in [2.24, 2.45) is 11.0 Å². The zero-order chi connectivity index (χ0) is 14.7. The van der Waals surface area contributed by atoms with E-state index in [0.717, 1.165) is 23.4 Å². The number of hydrazone groups is 1. The molecule has 108 valence electrons. The average molecular weight is 299 g/mol. The van der Waals surface area contributed by atoms with Crippen LogP contribution in [-0.2, 0) is 12.8 Å². The Morgan fingerprint density at radius 3 is 3.24 bits per heavy atom. The monoisotopic (exact) mass is 299 g/mol. The van der Waals surface area contributed by atoms with Gasteiger partial charge in [-0.15, -0.1) is 11.3 Å². The van der Waals surface area contributed by atoms with Gasteiger partial charge in [0.05, 0.1) is 16.8 Å². The second-order valence-corrected chi connectivity index (χ2v) is 6.50. The summed E-state index contributed by atoms with van der Waals surface area (Å²) < 4.78 is 0. The van der Waals surface area contributed by atoms with Gasteiger partial charge >= 0.3 is 0 Å². The Balaban J connectivity index is 1.65. The van der Waals surface area contributed by atoms with E-state index in [2.05, 4.69) is 22.4 Å². The van der Waals surface area contributed by atoms with Crippen LogP contribution >= 0.6 is 11.3 Å². The van der Waals surface area contributed by atoms with E-state index >= 15 is 0 Å². The molecular weight excluding hydrogens is 282 g/mol. The van der Waals surface area contributed by atoms with Gasteiger partial charge in [-0.25, -0.2) is 5.43 Å². The fourth-order valence-corrected chi connectivity index (χ4v) is 3.58. The molecule has 1 atom stereocenters. The highest BCUT2D eigenvalue weighted by molar-refractivity contribution is 7.14. The minimum absolute atomic E-state index is 0.144. The Morgan fingerprint density at radius 2 is 2.43 bits per heavy atom. The van der Waals surface area contributed by atoms with Gasteiger partial charge in [-0.05, 0) is 48.9 Å². The second kappa shape index (κ2) is 6.18. The number of pyridine rings is 1. The summed E-state index contributed by atoms with van der Waals surface area (Å²) >= 11 is 1.59. The molecule has 2 aromatic heterocycles. The van der Waals surface area contributed by atoms with Crippen molar-refractivity contribution in [2.45, 2.75) is 26.2 Å². The summed E-state index contributed by atoms with van der Waals surface area (Å²) in [6.07, 6.45) is 6.62. The maximum absolute atomic E-state index is 12.1. The van der Waals surface area contributed by atoms with Gasteiger partial charge in [-0.2, -0.15) is 5.10 Å². The quantitative estimate of drug-likeness (QED) is 0.699. The van der Waals surface area contributed by atoms with Crippen molar-refractivity contribution < 1.29 is 4.79 Å². The van der Waals surface area contributed by atoms with Gasteiger partial charge in [0.2, 0.25) is 0 Å². The van der Waals surface area contributed by atoms with Crippen LogP contribution in [0.3, 0.4) is 0 Å². The third kappa shape index (κ3) is 3.36. The Bertz CT molecular complexity index is 663. The summed E-state index contributed by atoms with van der Waals surface area (Å²) in [6.45, 7) is 2.26. The smallest absolute Gasteiger partial charge is 0.266 e. The molecule has 1 aliphatic rings. The van der Waals surface area contributed by atoms with Crippen molar-refractivity contribution in [3.63, 3.8) is 0 Å². The van der Waals surface area contributed by atoms with Crippen LogP contribution in [0.1, 0.15) is 39.2 Å². The third-order valence-corrected chi connectivity index (χ3v) is 4.84. The molecule has 1 amide bonds. The number of carbonyl (C=O) groups excluding carboxylic acids is 1.